The molecule has 0 saturated carbocycles. The van der Waals surface area contributed by atoms with E-state index >= 15 is 0 Å². The Morgan fingerprint density at radius 1 is 0.900 bits per heavy atom. The van der Waals surface area contributed by atoms with E-state index in [1.807, 2.05) is 0 Å². The molecule has 0 aliphatic heterocycles. The smallest absolute Gasteiger partial charge is 0.282 e. The number of halogens is 2. The van der Waals surface area contributed by atoms with Gasteiger partial charge in [-0.1, -0.05) is 24.3 Å². The van der Waals surface area contributed by atoms with E-state index in [0.29, 0.717) is 5.39 Å². The van der Waals surface area contributed by atoms with Gasteiger partial charge in [-0.2, -0.15) is 8.42 Å². The van der Waals surface area contributed by atoms with E-state index < -0.39 is 26.6 Å². The highest BCUT2D eigenvalue weighted by Gasteiger charge is 2.23. The van der Waals surface area contributed by atoms with E-state index in [9.17, 15) is 17.2 Å². The highest BCUT2D eigenvalue weighted by molar-refractivity contribution is 7.86. The monoisotopic (exact) mass is 294 g/mol. The van der Waals surface area contributed by atoms with Crippen LogP contribution in [0.5, 0.6) is 0 Å². The maximum Gasteiger partial charge on any atom is 0.298 e. The Morgan fingerprint density at radius 3 is 2.10 bits per heavy atom. The van der Waals surface area contributed by atoms with Gasteiger partial charge in [0.15, 0.2) is 11.6 Å². The van der Waals surface area contributed by atoms with Crippen LogP contribution in [0.25, 0.3) is 21.5 Å². The third-order valence-electron chi connectivity index (χ3n) is 3.11. The summed E-state index contributed by atoms with van der Waals surface area (Å²) in [6, 6.07) is 10.9. The fraction of sp³-hybridized carbons (Fsp3) is 0. The van der Waals surface area contributed by atoms with Crippen molar-refractivity contribution in [2.75, 3.05) is 0 Å². The Bertz CT molecular complexity index is 949. The molecule has 0 saturated heterocycles. The summed E-state index contributed by atoms with van der Waals surface area (Å²) in [7, 11) is -4.87. The second kappa shape index (κ2) is 4.22. The zero-order valence-electron chi connectivity index (χ0n) is 9.97. The van der Waals surface area contributed by atoms with E-state index in [0.717, 1.165) is 11.5 Å². The molecule has 0 unspecified atom stereocenters. The van der Waals surface area contributed by atoms with Gasteiger partial charge in [0.2, 0.25) is 0 Å². The lowest BCUT2D eigenvalue weighted by molar-refractivity contribution is 0.457. The summed E-state index contributed by atoms with van der Waals surface area (Å²) in [6.07, 6.45) is 0. The fourth-order valence-electron chi connectivity index (χ4n) is 2.25. The van der Waals surface area contributed by atoms with Crippen LogP contribution in [0.1, 0.15) is 0 Å². The van der Waals surface area contributed by atoms with Crippen molar-refractivity contribution in [3.05, 3.63) is 54.1 Å². The zero-order chi connectivity index (χ0) is 14.5. The van der Waals surface area contributed by atoms with E-state index in [4.69, 9.17) is 4.55 Å². The van der Waals surface area contributed by atoms with Crippen molar-refractivity contribution in [2.24, 2.45) is 0 Å². The molecule has 3 aromatic carbocycles. The third kappa shape index (κ3) is 1.93. The van der Waals surface area contributed by atoms with Crippen molar-refractivity contribution in [2.45, 2.75) is 4.90 Å². The average Bonchev–Trinajstić information content (AvgIpc) is 2.36. The molecular weight excluding hydrogens is 286 g/mol. The van der Waals surface area contributed by atoms with Crippen molar-refractivity contribution in [3.63, 3.8) is 0 Å². The van der Waals surface area contributed by atoms with Crippen LogP contribution in [0.3, 0.4) is 0 Å². The van der Waals surface area contributed by atoms with Crippen LogP contribution in [-0.4, -0.2) is 13.0 Å². The molecule has 0 atom stereocenters. The Labute approximate surface area is 113 Å². The minimum Gasteiger partial charge on any atom is -0.282 e. The second-order valence-corrected chi connectivity index (χ2v) is 5.76. The highest BCUT2D eigenvalue weighted by Crippen LogP contribution is 2.31. The maximum absolute atomic E-state index is 13.7. The summed E-state index contributed by atoms with van der Waals surface area (Å²) >= 11 is 0. The van der Waals surface area contributed by atoms with Gasteiger partial charge >= 0.3 is 0 Å². The Kier molecular flexibility index (Phi) is 2.74. The van der Waals surface area contributed by atoms with Crippen LogP contribution in [0.4, 0.5) is 8.78 Å². The molecular formula is C14H8F2O3S. The quantitative estimate of drug-likeness (QED) is 0.552. The topological polar surface area (TPSA) is 54.4 Å². The summed E-state index contributed by atoms with van der Waals surface area (Å²) in [5.74, 6) is -2.89. The molecule has 102 valence electrons. The minimum atomic E-state index is -4.87. The molecule has 0 aromatic heterocycles. The number of hydrogen-bond donors (Lipinski definition) is 1. The molecule has 20 heavy (non-hydrogen) atoms. The molecule has 0 aliphatic carbocycles. The molecule has 0 amide bonds. The summed E-state index contributed by atoms with van der Waals surface area (Å²) in [6.45, 7) is 0. The molecule has 3 rings (SSSR count). The summed E-state index contributed by atoms with van der Waals surface area (Å²) < 4.78 is 58.9. The zero-order valence-corrected chi connectivity index (χ0v) is 10.8. The fourth-order valence-corrected chi connectivity index (χ4v) is 3.03. The van der Waals surface area contributed by atoms with Crippen LogP contribution >= 0.6 is 0 Å². The summed E-state index contributed by atoms with van der Waals surface area (Å²) in [5, 5.41) is 1.57. The normalized spacial score (nSPS) is 12.2. The van der Waals surface area contributed by atoms with Gasteiger partial charge < -0.3 is 0 Å². The number of hydrogen-bond acceptors (Lipinski definition) is 2. The minimum absolute atomic E-state index is 0.0508. The number of rotatable bonds is 1. The largest absolute Gasteiger partial charge is 0.298 e. The number of fused-ring (bicyclic) bond motifs is 2. The van der Waals surface area contributed by atoms with Gasteiger partial charge in [0.25, 0.3) is 10.1 Å². The molecule has 3 nitrogen and oxygen atoms in total. The lowest BCUT2D eigenvalue weighted by Crippen LogP contribution is -2.05. The number of benzene rings is 3. The first-order valence-corrected chi connectivity index (χ1v) is 7.10. The van der Waals surface area contributed by atoms with Crippen molar-refractivity contribution >= 4 is 31.7 Å². The molecule has 0 heterocycles. The molecule has 0 bridgehead atoms. The van der Waals surface area contributed by atoms with Crippen LogP contribution in [0, 0.1) is 11.6 Å². The Balaban J connectivity index is 2.59. The molecule has 0 spiro atoms. The maximum atomic E-state index is 13.7. The molecule has 1 N–H and O–H groups in total. The highest BCUT2D eigenvalue weighted by atomic mass is 32.2. The first-order valence-electron chi connectivity index (χ1n) is 5.66. The Morgan fingerprint density at radius 2 is 1.50 bits per heavy atom. The van der Waals surface area contributed by atoms with E-state index in [1.54, 1.807) is 30.3 Å². The van der Waals surface area contributed by atoms with Gasteiger partial charge in [-0.3, -0.25) is 4.55 Å². The summed E-state index contributed by atoms with van der Waals surface area (Å²) in [5.41, 5.74) is 0. The molecule has 6 heteroatoms. The average molecular weight is 294 g/mol. The molecule has 3 aromatic rings. The van der Waals surface area contributed by atoms with Gasteiger partial charge in [-0.05, 0) is 34.4 Å². The van der Waals surface area contributed by atoms with E-state index in [-0.39, 0.29) is 10.8 Å². The van der Waals surface area contributed by atoms with Crippen LogP contribution in [-0.2, 0) is 10.1 Å². The Hall–Kier alpha value is -2.05. The van der Waals surface area contributed by atoms with Crippen molar-refractivity contribution in [1.82, 2.24) is 0 Å². The van der Waals surface area contributed by atoms with Gasteiger partial charge in [0, 0.05) is 5.39 Å². The third-order valence-corrected chi connectivity index (χ3v) is 4.03. The van der Waals surface area contributed by atoms with Crippen molar-refractivity contribution in [1.29, 1.82) is 0 Å². The first kappa shape index (κ1) is 13.0. The lowest BCUT2D eigenvalue weighted by atomic mass is 10.0. The molecule has 0 aliphatic rings. The lowest BCUT2D eigenvalue weighted by Gasteiger charge is -2.08. The SMILES string of the molecule is O=S(=O)(O)c1c(F)c(F)cc2cc3ccccc3cc12. The standard InChI is InChI=1S/C14H8F2O3S/c15-12-7-10-5-8-3-1-2-4-9(8)6-11(10)14(13(12)16)20(17,18)19/h1-7H,(H,17,18,19). The van der Waals surface area contributed by atoms with Crippen LogP contribution in [0.2, 0.25) is 0 Å². The van der Waals surface area contributed by atoms with Gasteiger partial charge in [-0.25, -0.2) is 8.78 Å². The van der Waals surface area contributed by atoms with Crippen LogP contribution in [0.15, 0.2) is 47.4 Å². The van der Waals surface area contributed by atoms with Gasteiger partial charge in [-0.15, -0.1) is 0 Å². The summed E-state index contributed by atoms with van der Waals surface area (Å²) in [4.78, 5) is -1.03. The predicted octanol–water partition coefficient (Wildman–Crippen LogP) is 3.52. The van der Waals surface area contributed by atoms with E-state index in [1.165, 1.54) is 6.07 Å². The van der Waals surface area contributed by atoms with Crippen molar-refractivity contribution < 1.29 is 21.8 Å². The van der Waals surface area contributed by atoms with Gasteiger partial charge in [0.1, 0.15) is 4.90 Å². The molecule has 0 radical (unpaired) electrons. The van der Waals surface area contributed by atoms with E-state index in [2.05, 4.69) is 0 Å². The van der Waals surface area contributed by atoms with Crippen LogP contribution < -0.4 is 0 Å². The first-order chi connectivity index (χ1) is 9.38. The van der Waals surface area contributed by atoms with Gasteiger partial charge in [0.05, 0.1) is 0 Å². The second-order valence-electron chi connectivity index (χ2n) is 4.40. The van der Waals surface area contributed by atoms with Crippen molar-refractivity contribution in [3.8, 4) is 0 Å². The molecule has 0 fully saturated rings. The predicted molar refractivity (Wildman–Crippen MR) is 71.2 cm³/mol.